The number of anilines is 2. The van der Waals surface area contributed by atoms with Crippen LogP contribution < -0.4 is 10.0 Å². The van der Waals surface area contributed by atoms with Crippen molar-refractivity contribution in [3.05, 3.63) is 62.9 Å². The molecule has 0 saturated carbocycles. The lowest BCUT2D eigenvalue weighted by molar-refractivity contribution is 0.103. The number of rotatable bonds is 5. The highest BCUT2D eigenvalue weighted by Crippen LogP contribution is 2.31. The molecule has 2 N–H and O–H groups in total. The largest absolute Gasteiger partial charge is 0.330 e. The molecule has 0 unspecified atom stereocenters. The molecular formula is C18H16BrN3OS2. The molecule has 7 heteroatoms. The Morgan fingerprint density at radius 1 is 1.20 bits per heavy atom. The Morgan fingerprint density at radius 2 is 2.00 bits per heavy atom. The third-order valence-electron chi connectivity index (χ3n) is 3.46. The van der Waals surface area contributed by atoms with Gasteiger partial charge < -0.3 is 10.0 Å². The number of benzene rings is 1. The summed E-state index contributed by atoms with van der Waals surface area (Å²) in [6.45, 7) is 2.01. The highest BCUT2D eigenvalue weighted by atomic mass is 79.9. The van der Waals surface area contributed by atoms with Crippen LogP contribution >= 0.6 is 39.2 Å². The lowest BCUT2D eigenvalue weighted by Gasteiger charge is -2.08. The monoisotopic (exact) mass is 433 g/mol. The SMILES string of the molecule is CSNc1cc(Br)cc(NC(=O)c2cc(-c3ccccn3)c(C)s2)c1. The molecule has 0 radical (unpaired) electrons. The Balaban J connectivity index is 1.83. The molecule has 0 aliphatic heterocycles. The molecule has 128 valence electrons. The van der Waals surface area contributed by atoms with Crippen LogP contribution in [0.15, 0.2) is 53.1 Å². The van der Waals surface area contributed by atoms with E-state index in [2.05, 4.69) is 31.0 Å². The highest BCUT2D eigenvalue weighted by molar-refractivity contribution is 9.10. The summed E-state index contributed by atoms with van der Waals surface area (Å²) >= 11 is 6.44. The van der Waals surface area contributed by atoms with E-state index in [1.54, 1.807) is 6.20 Å². The fraction of sp³-hybridized carbons (Fsp3) is 0.111. The summed E-state index contributed by atoms with van der Waals surface area (Å²) in [5, 5.41) is 2.96. The standard InChI is InChI=1S/C18H16BrN3OS2/c1-11-15(16-5-3-4-6-20-16)10-17(25-11)18(23)21-13-7-12(19)8-14(9-13)22-24-2/h3-10,22H,1-2H3,(H,21,23). The topological polar surface area (TPSA) is 54.0 Å². The predicted octanol–water partition coefficient (Wildman–Crippen LogP) is 5.82. The number of hydrogen-bond acceptors (Lipinski definition) is 5. The van der Waals surface area contributed by atoms with E-state index in [-0.39, 0.29) is 5.91 Å². The summed E-state index contributed by atoms with van der Waals surface area (Å²) in [6.07, 6.45) is 3.71. The number of pyridine rings is 1. The van der Waals surface area contributed by atoms with Gasteiger partial charge in [0.1, 0.15) is 0 Å². The minimum absolute atomic E-state index is 0.122. The van der Waals surface area contributed by atoms with E-state index >= 15 is 0 Å². The Kier molecular flexibility index (Phi) is 5.78. The van der Waals surface area contributed by atoms with Gasteiger partial charge in [0, 0.05) is 38.7 Å². The van der Waals surface area contributed by atoms with Crippen LogP contribution in [0.1, 0.15) is 14.5 Å². The number of thiophene rings is 1. The fourth-order valence-corrected chi connectivity index (χ4v) is 4.17. The second kappa shape index (κ2) is 8.03. The molecule has 2 aromatic heterocycles. The Morgan fingerprint density at radius 3 is 2.72 bits per heavy atom. The zero-order valence-corrected chi connectivity index (χ0v) is 16.9. The third kappa shape index (κ3) is 4.42. The van der Waals surface area contributed by atoms with Gasteiger partial charge in [-0.1, -0.05) is 33.9 Å². The van der Waals surface area contributed by atoms with Crippen molar-refractivity contribution < 1.29 is 4.79 Å². The average Bonchev–Trinajstić information content (AvgIpc) is 2.97. The molecule has 0 aliphatic rings. The molecule has 0 fully saturated rings. The summed E-state index contributed by atoms with van der Waals surface area (Å²) in [5.41, 5.74) is 3.54. The van der Waals surface area contributed by atoms with E-state index in [0.29, 0.717) is 4.88 Å². The van der Waals surface area contributed by atoms with Gasteiger partial charge in [0.15, 0.2) is 0 Å². The molecule has 0 atom stereocenters. The summed E-state index contributed by atoms with van der Waals surface area (Å²) in [5.74, 6) is -0.122. The Bertz CT molecular complexity index is 897. The van der Waals surface area contributed by atoms with E-state index in [9.17, 15) is 4.79 Å². The molecule has 3 aromatic rings. The number of halogens is 1. The number of hydrogen-bond donors (Lipinski definition) is 2. The van der Waals surface area contributed by atoms with Crippen molar-refractivity contribution in [2.75, 3.05) is 16.3 Å². The number of aryl methyl sites for hydroxylation is 1. The first-order chi connectivity index (χ1) is 12.1. The lowest BCUT2D eigenvalue weighted by Crippen LogP contribution is -2.10. The smallest absolute Gasteiger partial charge is 0.265 e. The third-order valence-corrected chi connectivity index (χ3v) is 5.40. The van der Waals surface area contributed by atoms with E-state index in [1.807, 2.05) is 55.6 Å². The Labute approximate surface area is 163 Å². The lowest BCUT2D eigenvalue weighted by atomic mass is 10.1. The maximum absolute atomic E-state index is 12.6. The van der Waals surface area contributed by atoms with Crippen molar-refractivity contribution in [3.63, 3.8) is 0 Å². The van der Waals surface area contributed by atoms with E-state index in [0.717, 1.165) is 32.0 Å². The fourth-order valence-electron chi connectivity index (χ4n) is 2.40. The van der Waals surface area contributed by atoms with Crippen LogP contribution in [0.5, 0.6) is 0 Å². The molecule has 1 amide bonds. The van der Waals surface area contributed by atoms with Gasteiger partial charge in [0.05, 0.1) is 10.6 Å². The molecule has 0 spiro atoms. The van der Waals surface area contributed by atoms with E-state index in [1.165, 1.54) is 23.3 Å². The van der Waals surface area contributed by atoms with Crippen LogP contribution in [-0.4, -0.2) is 17.1 Å². The number of nitrogens with one attached hydrogen (secondary N) is 2. The van der Waals surface area contributed by atoms with Gasteiger partial charge in [0.25, 0.3) is 5.91 Å². The molecule has 0 aliphatic carbocycles. The van der Waals surface area contributed by atoms with Crippen molar-refractivity contribution in [3.8, 4) is 11.3 Å². The molecule has 4 nitrogen and oxygen atoms in total. The van der Waals surface area contributed by atoms with Crippen molar-refractivity contribution >= 4 is 56.5 Å². The summed E-state index contributed by atoms with van der Waals surface area (Å²) in [4.78, 5) is 18.7. The summed E-state index contributed by atoms with van der Waals surface area (Å²) in [7, 11) is 0. The molecule has 2 heterocycles. The maximum Gasteiger partial charge on any atom is 0.265 e. The second-order valence-electron chi connectivity index (χ2n) is 5.28. The highest BCUT2D eigenvalue weighted by Gasteiger charge is 2.15. The molecule has 0 saturated heterocycles. The first kappa shape index (κ1) is 18.0. The number of carbonyl (C=O) groups is 1. The van der Waals surface area contributed by atoms with Crippen LogP contribution in [-0.2, 0) is 0 Å². The minimum Gasteiger partial charge on any atom is -0.330 e. The van der Waals surface area contributed by atoms with Gasteiger partial charge in [0.2, 0.25) is 0 Å². The van der Waals surface area contributed by atoms with Crippen molar-refractivity contribution in [1.82, 2.24) is 4.98 Å². The van der Waals surface area contributed by atoms with E-state index in [4.69, 9.17) is 0 Å². The number of nitrogens with zero attached hydrogens (tertiary/aromatic N) is 1. The van der Waals surface area contributed by atoms with Crippen molar-refractivity contribution in [1.29, 1.82) is 0 Å². The van der Waals surface area contributed by atoms with Crippen LogP contribution in [0.2, 0.25) is 0 Å². The normalized spacial score (nSPS) is 10.5. The van der Waals surface area contributed by atoms with Crippen LogP contribution in [0.25, 0.3) is 11.3 Å². The molecule has 25 heavy (non-hydrogen) atoms. The van der Waals surface area contributed by atoms with Gasteiger partial charge in [-0.3, -0.25) is 9.78 Å². The van der Waals surface area contributed by atoms with Gasteiger partial charge in [-0.2, -0.15) is 0 Å². The number of aromatic nitrogens is 1. The van der Waals surface area contributed by atoms with Gasteiger partial charge in [-0.25, -0.2) is 0 Å². The molecule has 0 bridgehead atoms. The van der Waals surface area contributed by atoms with Crippen molar-refractivity contribution in [2.45, 2.75) is 6.92 Å². The van der Waals surface area contributed by atoms with Crippen LogP contribution in [0.4, 0.5) is 11.4 Å². The minimum atomic E-state index is -0.122. The van der Waals surface area contributed by atoms with Crippen molar-refractivity contribution in [2.24, 2.45) is 0 Å². The van der Waals surface area contributed by atoms with Gasteiger partial charge >= 0.3 is 0 Å². The number of amides is 1. The second-order valence-corrected chi connectivity index (χ2v) is 8.07. The summed E-state index contributed by atoms with van der Waals surface area (Å²) < 4.78 is 4.07. The zero-order valence-electron chi connectivity index (χ0n) is 13.7. The molecule has 3 rings (SSSR count). The zero-order chi connectivity index (χ0) is 17.8. The quantitative estimate of drug-likeness (QED) is 0.497. The van der Waals surface area contributed by atoms with Gasteiger partial charge in [-0.05, 0) is 43.3 Å². The molecular weight excluding hydrogens is 418 g/mol. The predicted molar refractivity (Wildman–Crippen MR) is 112 cm³/mol. The number of carbonyl (C=O) groups excluding carboxylic acids is 1. The first-order valence-corrected chi connectivity index (χ1v) is 10.3. The van der Waals surface area contributed by atoms with Crippen LogP contribution in [0.3, 0.4) is 0 Å². The first-order valence-electron chi connectivity index (χ1n) is 7.49. The van der Waals surface area contributed by atoms with Crippen LogP contribution in [0, 0.1) is 6.92 Å². The van der Waals surface area contributed by atoms with E-state index < -0.39 is 0 Å². The Hall–Kier alpha value is -1.83. The maximum atomic E-state index is 12.6. The van der Waals surface area contributed by atoms with Gasteiger partial charge in [-0.15, -0.1) is 11.3 Å². The molecule has 1 aromatic carbocycles. The average molecular weight is 434 g/mol. The summed E-state index contributed by atoms with van der Waals surface area (Å²) in [6, 6.07) is 13.4.